The van der Waals surface area contributed by atoms with Gasteiger partial charge in [0.1, 0.15) is 0 Å². The number of carbonyl (C=O) groups excluding carboxylic acids is 1. The molecule has 0 aliphatic rings. The fourth-order valence-electron chi connectivity index (χ4n) is 1.22. The molecule has 0 aliphatic carbocycles. The fourth-order valence-corrected chi connectivity index (χ4v) is 2.21. The first-order valence-electron chi connectivity index (χ1n) is 4.14. The number of rotatable bonds is 2. The summed E-state index contributed by atoms with van der Waals surface area (Å²) in [5, 5.41) is 0. The lowest BCUT2D eigenvalue weighted by Gasteiger charge is -2.04. The molecule has 0 atom stereocenters. The van der Waals surface area contributed by atoms with Gasteiger partial charge >= 0.3 is 0 Å². The van der Waals surface area contributed by atoms with Crippen molar-refractivity contribution in [3.8, 4) is 0 Å². The first-order valence-corrected chi connectivity index (χ1v) is 6.03. The van der Waals surface area contributed by atoms with Crippen molar-refractivity contribution in [2.45, 2.75) is 18.7 Å². The predicted octanol–water partition coefficient (Wildman–Crippen LogP) is 1.60. The second kappa shape index (κ2) is 3.53. The van der Waals surface area contributed by atoms with Gasteiger partial charge in [0.2, 0.25) is 0 Å². The summed E-state index contributed by atoms with van der Waals surface area (Å²) in [6.07, 6.45) is 1.14. The van der Waals surface area contributed by atoms with E-state index in [9.17, 15) is 13.2 Å². The molecule has 1 rings (SSSR count). The molecule has 0 unspecified atom stereocenters. The SMILES string of the molecule is CC(=O)c1ccc(C)c(S(C)(=O)=O)c1. The second-order valence-corrected chi connectivity index (χ2v) is 5.29. The van der Waals surface area contributed by atoms with E-state index >= 15 is 0 Å². The van der Waals surface area contributed by atoms with Gasteiger partial charge in [-0.15, -0.1) is 0 Å². The Morgan fingerprint density at radius 1 is 1.29 bits per heavy atom. The molecule has 0 saturated carbocycles. The van der Waals surface area contributed by atoms with Crippen LogP contribution < -0.4 is 0 Å². The molecule has 1 aromatic rings. The minimum atomic E-state index is -3.24. The molecule has 0 saturated heterocycles. The Hall–Kier alpha value is -1.16. The van der Waals surface area contributed by atoms with Crippen LogP contribution in [0.3, 0.4) is 0 Å². The van der Waals surface area contributed by atoms with E-state index in [2.05, 4.69) is 0 Å². The molecule has 4 heteroatoms. The number of hydrogen-bond donors (Lipinski definition) is 0. The van der Waals surface area contributed by atoms with Gasteiger partial charge in [-0.05, 0) is 25.5 Å². The molecular weight excluding hydrogens is 200 g/mol. The number of aryl methyl sites for hydroxylation is 1. The fraction of sp³-hybridized carbons (Fsp3) is 0.300. The molecule has 76 valence electrons. The van der Waals surface area contributed by atoms with E-state index in [1.807, 2.05) is 0 Å². The van der Waals surface area contributed by atoms with Gasteiger partial charge in [-0.1, -0.05) is 12.1 Å². The standard InChI is InChI=1S/C10H12O3S/c1-7-4-5-9(8(2)11)6-10(7)14(3,12)13/h4-6H,1-3H3. The molecule has 14 heavy (non-hydrogen) atoms. The highest BCUT2D eigenvalue weighted by molar-refractivity contribution is 7.90. The van der Waals surface area contributed by atoms with Crippen LogP contribution >= 0.6 is 0 Å². The number of carbonyl (C=O) groups is 1. The quantitative estimate of drug-likeness (QED) is 0.700. The average molecular weight is 212 g/mol. The number of ketones is 1. The van der Waals surface area contributed by atoms with Gasteiger partial charge < -0.3 is 0 Å². The van der Waals surface area contributed by atoms with Crippen molar-refractivity contribution in [1.82, 2.24) is 0 Å². The minimum Gasteiger partial charge on any atom is -0.295 e. The van der Waals surface area contributed by atoms with E-state index in [4.69, 9.17) is 0 Å². The Kier molecular flexibility index (Phi) is 2.76. The van der Waals surface area contributed by atoms with Gasteiger partial charge in [-0.3, -0.25) is 4.79 Å². The van der Waals surface area contributed by atoms with Crippen molar-refractivity contribution < 1.29 is 13.2 Å². The van der Waals surface area contributed by atoms with E-state index < -0.39 is 9.84 Å². The summed E-state index contributed by atoms with van der Waals surface area (Å²) >= 11 is 0. The van der Waals surface area contributed by atoms with Gasteiger partial charge in [-0.2, -0.15) is 0 Å². The highest BCUT2D eigenvalue weighted by atomic mass is 32.2. The average Bonchev–Trinajstić information content (AvgIpc) is 2.02. The zero-order valence-corrected chi connectivity index (χ0v) is 9.18. The summed E-state index contributed by atoms with van der Waals surface area (Å²) < 4.78 is 22.6. The molecule has 0 heterocycles. The molecule has 0 amide bonds. The maximum Gasteiger partial charge on any atom is 0.175 e. The van der Waals surface area contributed by atoms with Gasteiger partial charge in [0.15, 0.2) is 15.6 Å². The van der Waals surface area contributed by atoms with Gasteiger partial charge in [-0.25, -0.2) is 8.42 Å². The molecule has 1 aromatic carbocycles. The Balaban J connectivity index is 3.44. The summed E-state index contributed by atoms with van der Waals surface area (Å²) in [7, 11) is -3.24. The molecule has 3 nitrogen and oxygen atoms in total. The van der Waals surface area contributed by atoms with Crippen LogP contribution in [0.15, 0.2) is 23.1 Å². The van der Waals surface area contributed by atoms with Crippen LogP contribution in [0.25, 0.3) is 0 Å². The van der Waals surface area contributed by atoms with Crippen molar-refractivity contribution in [2.24, 2.45) is 0 Å². The third-order valence-electron chi connectivity index (χ3n) is 1.99. The number of benzene rings is 1. The lowest BCUT2D eigenvalue weighted by atomic mass is 10.1. The number of sulfone groups is 1. The van der Waals surface area contributed by atoms with E-state index in [-0.39, 0.29) is 10.7 Å². The highest BCUT2D eigenvalue weighted by Crippen LogP contribution is 2.17. The smallest absolute Gasteiger partial charge is 0.175 e. The Morgan fingerprint density at radius 2 is 1.86 bits per heavy atom. The highest BCUT2D eigenvalue weighted by Gasteiger charge is 2.12. The van der Waals surface area contributed by atoms with Crippen molar-refractivity contribution in [3.05, 3.63) is 29.3 Å². The predicted molar refractivity (Wildman–Crippen MR) is 54.3 cm³/mol. The third-order valence-corrected chi connectivity index (χ3v) is 3.23. The summed E-state index contributed by atoms with van der Waals surface area (Å²) in [6.45, 7) is 3.12. The van der Waals surface area contributed by atoms with Crippen molar-refractivity contribution in [1.29, 1.82) is 0 Å². The maximum atomic E-state index is 11.3. The molecule has 0 radical (unpaired) electrons. The molecule has 0 aliphatic heterocycles. The summed E-state index contributed by atoms with van der Waals surface area (Å²) in [5.41, 5.74) is 1.09. The number of hydrogen-bond acceptors (Lipinski definition) is 3. The van der Waals surface area contributed by atoms with Crippen LogP contribution in [0.4, 0.5) is 0 Å². The Morgan fingerprint density at radius 3 is 2.29 bits per heavy atom. The molecule has 0 aromatic heterocycles. The monoisotopic (exact) mass is 212 g/mol. The van der Waals surface area contributed by atoms with E-state index in [0.717, 1.165) is 6.26 Å². The molecule has 0 spiro atoms. The van der Waals surface area contributed by atoms with Crippen LogP contribution in [0.1, 0.15) is 22.8 Å². The molecular formula is C10H12O3S. The summed E-state index contributed by atoms with van der Waals surface area (Å²) in [5.74, 6) is -0.130. The van der Waals surface area contributed by atoms with Gasteiger partial charge in [0.25, 0.3) is 0 Å². The van der Waals surface area contributed by atoms with Crippen LogP contribution in [0, 0.1) is 6.92 Å². The Labute approximate surface area is 83.7 Å². The van der Waals surface area contributed by atoms with E-state index in [1.165, 1.54) is 13.0 Å². The van der Waals surface area contributed by atoms with Gasteiger partial charge in [0.05, 0.1) is 4.90 Å². The molecule has 0 N–H and O–H groups in total. The van der Waals surface area contributed by atoms with Crippen LogP contribution in [-0.2, 0) is 9.84 Å². The lowest BCUT2D eigenvalue weighted by molar-refractivity contribution is 0.101. The van der Waals surface area contributed by atoms with E-state index in [0.29, 0.717) is 11.1 Å². The third kappa shape index (κ3) is 2.20. The number of Topliss-reactive ketones (excluding diaryl/α,β-unsaturated/α-hetero) is 1. The topological polar surface area (TPSA) is 51.2 Å². The van der Waals surface area contributed by atoms with Crippen molar-refractivity contribution >= 4 is 15.6 Å². The van der Waals surface area contributed by atoms with Crippen LogP contribution in [-0.4, -0.2) is 20.5 Å². The second-order valence-electron chi connectivity index (χ2n) is 3.31. The molecule has 0 bridgehead atoms. The first-order chi connectivity index (χ1) is 6.32. The normalized spacial score (nSPS) is 11.4. The summed E-state index contributed by atoms with van der Waals surface area (Å²) in [4.78, 5) is 11.3. The molecule has 0 fully saturated rings. The van der Waals surface area contributed by atoms with Gasteiger partial charge in [0, 0.05) is 11.8 Å². The minimum absolute atomic E-state index is 0.130. The Bertz CT molecular complexity index is 472. The lowest BCUT2D eigenvalue weighted by Crippen LogP contribution is -2.02. The van der Waals surface area contributed by atoms with E-state index in [1.54, 1.807) is 19.1 Å². The maximum absolute atomic E-state index is 11.3. The van der Waals surface area contributed by atoms with Crippen molar-refractivity contribution in [3.63, 3.8) is 0 Å². The largest absolute Gasteiger partial charge is 0.295 e. The first kappa shape index (κ1) is 10.9. The zero-order chi connectivity index (χ0) is 10.9. The zero-order valence-electron chi connectivity index (χ0n) is 8.37. The van der Waals surface area contributed by atoms with Crippen LogP contribution in [0.5, 0.6) is 0 Å². The summed E-state index contributed by atoms with van der Waals surface area (Å²) in [6, 6.07) is 4.70. The van der Waals surface area contributed by atoms with Crippen molar-refractivity contribution in [2.75, 3.05) is 6.26 Å². The van der Waals surface area contributed by atoms with Crippen LogP contribution in [0.2, 0.25) is 0 Å².